The lowest BCUT2D eigenvalue weighted by atomic mass is 9.80. The van der Waals surface area contributed by atoms with Crippen LogP contribution in [0, 0.1) is 0 Å². The number of nitrogen functional groups attached to an aromatic ring is 1. The molecule has 0 radical (unpaired) electrons. The monoisotopic (exact) mass is 774 g/mol. The Hall–Kier alpha value is -4.93. The van der Waals surface area contributed by atoms with Crippen molar-refractivity contribution in [3.05, 3.63) is 125 Å². The van der Waals surface area contributed by atoms with Crippen LogP contribution < -0.4 is 15.6 Å². The number of aliphatic hydroxyl groups is 1. The summed E-state index contributed by atoms with van der Waals surface area (Å²) < 4.78 is 94.0. The minimum atomic E-state index is -4.65. The van der Waals surface area contributed by atoms with Gasteiger partial charge < -0.3 is 15.6 Å². The molecule has 0 fully saturated rings. The van der Waals surface area contributed by atoms with E-state index in [1.807, 2.05) is 44.2 Å². The second-order valence-corrected chi connectivity index (χ2v) is 15.7. The Kier molecular flexibility index (Phi) is 13.0. The van der Waals surface area contributed by atoms with Crippen molar-refractivity contribution >= 4 is 37.4 Å². The van der Waals surface area contributed by atoms with Crippen LogP contribution in [0.2, 0.25) is 0 Å². The highest BCUT2D eigenvalue weighted by Crippen LogP contribution is 2.42. The van der Waals surface area contributed by atoms with Gasteiger partial charge in [-0.1, -0.05) is 62.7 Å². The fourth-order valence-corrected chi connectivity index (χ4v) is 7.52. The van der Waals surface area contributed by atoms with Gasteiger partial charge in [-0.2, -0.15) is 21.6 Å². The van der Waals surface area contributed by atoms with E-state index >= 15 is 0 Å². The van der Waals surface area contributed by atoms with Gasteiger partial charge in [0.15, 0.2) is 5.03 Å². The summed E-state index contributed by atoms with van der Waals surface area (Å²) in [5.41, 5.74) is 5.87. The number of hydrogen-bond donors (Lipinski definition) is 4. The topological polar surface area (TPSA) is 192 Å². The average Bonchev–Trinajstić information content (AvgIpc) is 3.09. The predicted octanol–water partition coefficient (Wildman–Crippen LogP) is 7.24. The molecule has 2 heterocycles. The number of rotatable bonds is 12. The first kappa shape index (κ1) is 40.8. The number of carbonyl (C=O) groups is 1. The molecule has 284 valence electrons. The van der Waals surface area contributed by atoms with Gasteiger partial charge in [0.2, 0.25) is 10.0 Å². The molecule has 11 nitrogen and oxygen atoms in total. The van der Waals surface area contributed by atoms with Crippen molar-refractivity contribution in [3.8, 4) is 0 Å². The maximum atomic E-state index is 13.4. The lowest BCUT2D eigenvalue weighted by molar-refractivity contribution is -0.161. The molecule has 0 saturated carbocycles. The molecule has 2 atom stereocenters. The Morgan fingerprint density at radius 1 is 0.943 bits per heavy atom. The molecule has 0 saturated heterocycles. The summed E-state index contributed by atoms with van der Waals surface area (Å²) in [6.07, 6.45) is -1.00. The number of alkyl halides is 3. The summed E-state index contributed by atoms with van der Waals surface area (Å²) in [5.74, 6) is -1.23. The van der Waals surface area contributed by atoms with E-state index in [-0.39, 0.29) is 28.3 Å². The molecule has 1 aliphatic heterocycles. The van der Waals surface area contributed by atoms with Gasteiger partial charge in [-0.15, -0.1) is 0 Å². The van der Waals surface area contributed by atoms with E-state index in [1.54, 1.807) is 12.1 Å². The summed E-state index contributed by atoms with van der Waals surface area (Å²) in [6.45, 7) is 3.83. The molecule has 6 N–H and O–H groups in total. The zero-order valence-electron chi connectivity index (χ0n) is 29.0. The van der Waals surface area contributed by atoms with Crippen LogP contribution in [0.1, 0.15) is 68.6 Å². The zero-order chi connectivity index (χ0) is 39.0. The van der Waals surface area contributed by atoms with Crippen molar-refractivity contribution in [1.82, 2.24) is 4.98 Å². The molecule has 1 aliphatic rings. The van der Waals surface area contributed by atoms with Gasteiger partial charge in [0.05, 0.1) is 16.0 Å². The Balaban J connectivity index is 0.000000488. The predicted molar refractivity (Wildman–Crippen MR) is 195 cm³/mol. The number of halogens is 3. The number of hydrogen-bond acceptors (Lipinski definition) is 9. The van der Waals surface area contributed by atoms with Gasteiger partial charge in [-0.05, 0) is 85.3 Å². The SMILES string of the molecule is CCC[C@@]1(CCc2ccccc2)CC(O)=C([C@H](CC)c2cccc(NS(=O)(=O)c3ccc(C(F)(F)F)cn3)c2)C(=O)O1.Nc1ccc(S(N)(=O)=O)cc1. The Labute approximate surface area is 307 Å². The third kappa shape index (κ3) is 10.8. The Bertz CT molecular complexity index is 2130. The van der Waals surface area contributed by atoms with Crippen LogP contribution in [0.4, 0.5) is 24.5 Å². The number of carbonyl (C=O) groups excluding carboxylic acids is 1. The molecular formula is C37H41F3N4O7S2. The molecule has 0 aliphatic carbocycles. The quantitative estimate of drug-likeness (QED) is 0.0849. The summed E-state index contributed by atoms with van der Waals surface area (Å²) in [6, 6.07) is 23.3. The largest absolute Gasteiger partial charge is 0.512 e. The standard InChI is InChI=1S/C31H33F3N2O5S.C6H8N2O2S/c1-3-16-30(17-15-21-9-6-5-7-10-21)19-26(37)28(29(38)41-30)25(4-2)22-11-8-12-24(18-22)36-42(39,40)27-14-13-23(20-35-27)31(32,33)34;7-5-1-3-6(4-2-5)11(8,9)10/h5-14,18,20,25,36-37H,3-4,15-17,19H2,1-2H3;1-4H,7H2,(H2,8,9,10)/t25-,30-;/m1./s1. The van der Waals surface area contributed by atoms with Gasteiger partial charge in [0.25, 0.3) is 10.0 Å². The van der Waals surface area contributed by atoms with E-state index < -0.39 is 54.3 Å². The molecule has 53 heavy (non-hydrogen) atoms. The van der Waals surface area contributed by atoms with Gasteiger partial charge in [0.1, 0.15) is 11.4 Å². The minimum Gasteiger partial charge on any atom is -0.512 e. The fraction of sp³-hybridized carbons (Fsp3) is 0.297. The number of nitrogens with one attached hydrogen (secondary N) is 1. The number of aliphatic hydroxyl groups excluding tert-OH is 1. The first-order valence-electron chi connectivity index (χ1n) is 16.6. The van der Waals surface area contributed by atoms with E-state index in [0.717, 1.165) is 18.1 Å². The van der Waals surface area contributed by atoms with Crippen LogP contribution in [-0.2, 0) is 42.2 Å². The normalized spacial score (nSPS) is 17.0. The van der Waals surface area contributed by atoms with Crippen LogP contribution in [0.15, 0.2) is 118 Å². The lowest BCUT2D eigenvalue weighted by Crippen LogP contribution is -2.41. The second-order valence-electron chi connectivity index (χ2n) is 12.5. The number of esters is 1. The van der Waals surface area contributed by atoms with Crippen molar-refractivity contribution in [2.75, 3.05) is 10.5 Å². The third-order valence-electron chi connectivity index (χ3n) is 8.59. The van der Waals surface area contributed by atoms with E-state index in [4.69, 9.17) is 15.6 Å². The number of aromatic nitrogens is 1. The number of benzene rings is 3. The number of cyclic esters (lactones) is 1. The smallest absolute Gasteiger partial charge is 0.417 e. The summed E-state index contributed by atoms with van der Waals surface area (Å²) in [4.78, 5) is 17.0. The van der Waals surface area contributed by atoms with Crippen LogP contribution in [0.3, 0.4) is 0 Å². The number of pyridine rings is 1. The molecule has 16 heteroatoms. The number of aryl methyl sites for hydroxylation is 1. The molecule has 3 aromatic carbocycles. The van der Waals surface area contributed by atoms with Gasteiger partial charge in [-0.3, -0.25) is 4.72 Å². The molecular weight excluding hydrogens is 734 g/mol. The van der Waals surface area contributed by atoms with E-state index in [2.05, 4.69) is 9.71 Å². The maximum absolute atomic E-state index is 13.4. The second kappa shape index (κ2) is 16.8. The summed E-state index contributed by atoms with van der Waals surface area (Å²) in [7, 11) is -7.88. The molecule has 5 rings (SSSR count). The highest BCUT2D eigenvalue weighted by atomic mass is 32.2. The fourth-order valence-electron chi connectivity index (χ4n) is 6.02. The van der Waals surface area contributed by atoms with Crippen molar-refractivity contribution in [2.24, 2.45) is 5.14 Å². The zero-order valence-corrected chi connectivity index (χ0v) is 30.6. The highest BCUT2D eigenvalue weighted by Gasteiger charge is 2.43. The number of primary sulfonamides is 1. The van der Waals surface area contributed by atoms with Crippen LogP contribution in [0.25, 0.3) is 0 Å². The molecule has 1 aromatic heterocycles. The Morgan fingerprint density at radius 2 is 1.62 bits per heavy atom. The van der Waals surface area contributed by atoms with Crippen molar-refractivity contribution in [1.29, 1.82) is 0 Å². The molecule has 0 spiro atoms. The van der Waals surface area contributed by atoms with Crippen molar-refractivity contribution < 1.29 is 44.6 Å². The molecule has 0 amide bonds. The average molecular weight is 775 g/mol. The summed E-state index contributed by atoms with van der Waals surface area (Å²) in [5, 5.41) is 15.5. The number of anilines is 2. The van der Waals surface area contributed by atoms with Crippen LogP contribution in [-0.4, -0.2) is 38.5 Å². The van der Waals surface area contributed by atoms with Crippen LogP contribution in [0.5, 0.6) is 0 Å². The minimum absolute atomic E-state index is 0.0421. The number of ether oxygens (including phenoxy) is 1. The van der Waals surface area contributed by atoms with Gasteiger partial charge >= 0.3 is 12.1 Å². The molecule has 4 aromatic rings. The van der Waals surface area contributed by atoms with Crippen molar-refractivity contribution in [3.63, 3.8) is 0 Å². The lowest BCUT2D eigenvalue weighted by Gasteiger charge is -2.38. The number of sulfonamides is 2. The van der Waals surface area contributed by atoms with Crippen molar-refractivity contribution in [2.45, 2.75) is 80.0 Å². The highest BCUT2D eigenvalue weighted by molar-refractivity contribution is 7.92. The molecule has 0 unspecified atom stereocenters. The van der Waals surface area contributed by atoms with Crippen LogP contribution >= 0.6 is 0 Å². The van der Waals surface area contributed by atoms with E-state index in [9.17, 15) is 39.9 Å². The first-order valence-corrected chi connectivity index (χ1v) is 19.6. The maximum Gasteiger partial charge on any atom is 0.417 e. The van der Waals surface area contributed by atoms with E-state index in [1.165, 1.54) is 36.4 Å². The number of nitrogens with two attached hydrogens (primary N) is 2. The first-order chi connectivity index (χ1) is 24.9. The molecule has 0 bridgehead atoms. The Morgan fingerprint density at radius 3 is 2.17 bits per heavy atom. The third-order valence-corrected chi connectivity index (χ3v) is 10.8. The van der Waals surface area contributed by atoms with Gasteiger partial charge in [0, 0.05) is 29.9 Å². The van der Waals surface area contributed by atoms with E-state index in [0.29, 0.717) is 49.2 Å². The van der Waals surface area contributed by atoms with Gasteiger partial charge in [-0.25, -0.2) is 23.3 Å². The number of nitrogens with zero attached hydrogens (tertiary/aromatic N) is 1. The summed E-state index contributed by atoms with van der Waals surface area (Å²) >= 11 is 0.